The number of carbonyl (C=O) groups is 3. The maximum Gasteiger partial charge on any atom is 0.247 e. The van der Waals surface area contributed by atoms with E-state index in [0.717, 1.165) is 16.7 Å². The van der Waals surface area contributed by atoms with Gasteiger partial charge in [-0.3, -0.25) is 14.4 Å². The fraction of sp³-hybridized carbons (Fsp3) is 0.250. The van der Waals surface area contributed by atoms with E-state index in [1.165, 1.54) is 0 Å². The second kappa shape index (κ2) is 9.12. The van der Waals surface area contributed by atoms with E-state index in [9.17, 15) is 14.4 Å². The largest absolute Gasteiger partial charge is 0.494 e. The van der Waals surface area contributed by atoms with E-state index in [2.05, 4.69) is 5.32 Å². The minimum atomic E-state index is -0.584. The lowest BCUT2D eigenvalue weighted by Gasteiger charge is -2.16. The molecule has 1 aliphatic heterocycles. The number of hydrogen-bond acceptors (Lipinski definition) is 5. The van der Waals surface area contributed by atoms with Gasteiger partial charge in [0.15, 0.2) is 0 Å². The van der Waals surface area contributed by atoms with Gasteiger partial charge in [-0.2, -0.15) is 0 Å². The molecule has 3 amide bonds. The van der Waals surface area contributed by atoms with Crippen molar-refractivity contribution in [1.29, 1.82) is 0 Å². The summed E-state index contributed by atoms with van der Waals surface area (Å²) < 4.78 is 5.43. The first kappa shape index (κ1) is 20.2. The van der Waals surface area contributed by atoms with Gasteiger partial charge < -0.3 is 10.1 Å². The van der Waals surface area contributed by atoms with Crippen molar-refractivity contribution in [2.75, 3.05) is 22.6 Å². The molecule has 1 saturated heterocycles. The summed E-state index contributed by atoms with van der Waals surface area (Å²) in [7, 11) is 0. The van der Waals surface area contributed by atoms with Crippen LogP contribution in [-0.4, -0.2) is 35.3 Å². The fourth-order valence-corrected chi connectivity index (χ4v) is 3.85. The normalized spacial score (nSPS) is 16.4. The third-order valence-electron chi connectivity index (χ3n) is 4.04. The zero-order chi connectivity index (χ0) is 20.1. The van der Waals surface area contributed by atoms with E-state index in [1.807, 2.05) is 6.92 Å². The Hall–Kier alpha value is -2.51. The van der Waals surface area contributed by atoms with Crippen molar-refractivity contribution in [2.24, 2.45) is 0 Å². The summed E-state index contributed by atoms with van der Waals surface area (Å²) in [5.74, 6) is -0.181. The molecule has 146 valence electrons. The van der Waals surface area contributed by atoms with Gasteiger partial charge in [-0.05, 0) is 43.3 Å². The van der Waals surface area contributed by atoms with Crippen LogP contribution in [0.2, 0.25) is 5.02 Å². The molecular weight excluding hydrogens is 400 g/mol. The van der Waals surface area contributed by atoms with Crippen molar-refractivity contribution < 1.29 is 19.1 Å². The SMILES string of the molecule is CCOc1cccc(N2C(=O)CC(SCC(=O)Nc3ccc(Cl)cc3)C2=O)c1. The van der Waals surface area contributed by atoms with Gasteiger partial charge in [0.25, 0.3) is 0 Å². The van der Waals surface area contributed by atoms with Gasteiger partial charge in [-0.15, -0.1) is 11.8 Å². The van der Waals surface area contributed by atoms with Crippen LogP contribution in [0.25, 0.3) is 0 Å². The van der Waals surface area contributed by atoms with Crippen LogP contribution in [0.1, 0.15) is 13.3 Å². The van der Waals surface area contributed by atoms with E-state index in [4.69, 9.17) is 16.3 Å². The highest BCUT2D eigenvalue weighted by Gasteiger charge is 2.40. The smallest absolute Gasteiger partial charge is 0.247 e. The van der Waals surface area contributed by atoms with Crippen molar-refractivity contribution in [2.45, 2.75) is 18.6 Å². The number of nitrogens with one attached hydrogen (secondary N) is 1. The molecule has 3 rings (SSSR count). The van der Waals surface area contributed by atoms with E-state index < -0.39 is 5.25 Å². The predicted octanol–water partition coefficient (Wildman–Crippen LogP) is 3.74. The number of nitrogens with zero attached hydrogens (tertiary/aromatic N) is 1. The minimum absolute atomic E-state index is 0.0661. The zero-order valence-corrected chi connectivity index (χ0v) is 16.8. The Morgan fingerprint density at radius 1 is 1.25 bits per heavy atom. The van der Waals surface area contributed by atoms with Gasteiger partial charge >= 0.3 is 0 Å². The minimum Gasteiger partial charge on any atom is -0.494 e. The number of rotatable bonds is 7. The van der Waals surface area contributed by atoms with Crippen LogP contribution in [0.3, 0.4) is 0 Å². The Bertz CT molecular complexity index is 888. The van der Waals surface area contributed by atoms with Gasteiger partial charge in [0, 0.05) is 23.2 Å². The molecule has 0 saturated carbocycles. The number of anilines is 2. The van der Waals surface area contributed by atoms with Crippen LogP contribution in [0.15, 0.2) is 48.5 Å². The maximum absolute atomic E-state index is 12.7. The average molecular weight is 419 g/mol. The van der Waals surface area contributed by atoms with E-state index >= 15 is 0 Å². The lowest BCUT2D eigenvalue weighted by atomic mass is 10.3. The van der Waals surface area contributed by atoms with Gasteiger partial charge in [0.05, 0.1) is 23.3 Å². The van der Waals surface area contributed by atoms with Crippen molar-refractivity contribution in [3.05, 3.63) is 53.6 Å². The van der Waals surface area contributed by atoms with Crippen LogP contribution in [-0.2, 0) is 14.4 Å². The molecule has 1 aliphatic rings. The molecule has 2 aromatic rings. The number of halogens is 1. The molecule has 1 unspecified atom stereocenters. The van der Waals surface area contributed by atoms with Crippen molar-refractivity contribution in [1.82, 2.24) is 0 Å². The standard InChI is InChI=1S/C20H19ClN2O4S/c1-2-27-16-5-3-4-15(10-16)23-19(25)11-17(20(23)26)28-12-18(24)22-14-8-6-13(21)7-9-14/h3-10,17H,2,11-12H2,1H3,(H,22,24). The predicted molar refractivity (Wildman–Crippen MR) is 111 cm³/mol. The molecule has 8 heteroatoms. The Kier molecular flexibility index (Phi) is 6.59. The molecule has 0 bridgehead atoms. The first-order valence-corrected chi connectivity index (χ1v) is 10.2. The summed E-state index contributed by atoms with van der Waals surface area (Å²) in [6.45, 7) is 2.35. The van der Waals surface area contributed by atoms with Gasteiger partial charge in [0.2, 0.25) is 17.7 Å². The molecule has 6 nitrogen and oxygen atoms in total. The number of carbonyl (C=O) groups excluding carboxylic acids is 3. The zero-order valence-electron chi connectivity index (χ0n) is 15.2. The monoisotopic (exact) mass is 418 g/mol. The van der Waals surface area contributed by atoms with Crippen LogP contribution in [0, 0.1) is 0 Å². The molecule has 0 spiro atoms. The first-order valence-electron chi connectivity index (χ1n) is 8.74. The molecule has 0 radical (unpaired) electrons. The Morgan fingerprint density at radius 2 is 2.00 bits per heavy atom. The third-order valence-corrected chi connectivity index (χ3v) is 5.49. The maximum atomic E-state index is 12.7. The van der Waals surface area contributed by atoms with Crippen LogP contribution >= 0.6 is 23.4 Å². The molecule has 1 atom stereocenters. The van der Waals surface area contributed by atoms with Crippen molar-refractivity contribution >= 4 is 52.5 Å². The number of thioether (sulfide) groups is 1. The quantitative estimate of drug-likeness (QED) is 0.693. The number of amides is 3. The average Bonchev–Trinajstić information content (AvgIpc) is 2.96. The second-order valence-corrected chi connectivity index (χ2v) is 7.68. The highest BCUT2D eigenvalue weighted by molar-refractivity contribution is 8.01. The summed E-state index contributed by atoms with van der Waals surface area (Å²) >= 11 is 6.98. The summed E-state index contributed by atoms with van der Waals surface area (Å²) in [5, 5.41) is 2.73. The highest BCUT2D eigenvalue weighted by atomic mass is 35.5. The summed E-state index contributed by atoms with van der Waals surface area (Å²) in [5.41, 5.74) is 1.10. The van der Waals surface area contributed by atoms with Gasteiger partial charge in [-0.25, -0.2) is 4.90 Å². The molecule has 0 aromatic heterocycles. The van der Waals surface area contributed by atoms with Crippen molar-refractivity contribution in [3.63, 3.8) is 0 Å². The molecule has 28 heavy (non-hydrogen) atoms. The molecule has 1 N–H and O–H groups in total. The second-order valence-electron chi connectivity index (χ2n) is 6.06. The lowest BCUT2D eigenvalue weighted by molar-refractivity contribution is -0.121. The molecule has 2 aromatic carbocycles. The van der Waals surface area contributed by atoms with Gasteiger partial charge in [-0.1, -0.05) is 17.7 Å². The number of ether oxygens (including phenoxy) is 1. The molecule has 0 aliphatic carbocycles. The number of imide groups is 1. The molecule has 1 fully saturated rings. The summed E-state index contributed by atoms with van der Waals surface area (Å²) in [6.07, 6.45) is 0.0661. The lowest BCUT2D eigenvalue weighted by Crippen LogP contribution is -2.31. The molecular formula is C20H19ClN2O4S. The Balaban J connectivity index is 1.59. The summed E-state index contributed by atoms with van der Waals surface area (Å²) in [6, 6.07) is 13.6. The number of hydrogen-bond donors (Lipinski definition) is 1. The Morgan fingerprint density at radius 3 is 2.71 bits per heavy atom. The first-order chi connectivity index (χ1) is 13.5. The van der Waals surface area contributed by atoms with Gasteiger partial charge in [0.1, 0.15) is 5.75 Å². The van der Waals surface area contributed by atoms with E-state index in [-0.39, 0.29) is 29.9 Å². The topological polar surface area (TPSA) is 75.7 Å². The van der Waals surface area contributed by atoms with E-state index in [0.29, 0.717) is 28.8 Å². The van der Waals surface area contributed by atoms with Crippen LogP contribution < -0.4 is 15.0 Å². The summed E-state index contributed by atoms with van der Waals surface area (Å²) in [4.78, 5) is 38.3. The highest BCUT2D eigenvalue weighted by Crippen LogP contribution is 2.31. The Labute approximate surface area is 172 Å². The fourth-order valence-electron chi connectivity index (χ4n) is 2.79. The van der Waals surface area contributed by atoms with Crippen LogP contribution in [0.5, 0.6) is 5.75 Å². The van der Waals surface area contributed by atoms with Crippen molar-refractivity contribution in [3.8, 4) is 5.75 Å². The van der Waals surface area contributed by atoms with Crippen LogP contribution in [0.4, 0.5) is 11.4 Å². The third kappa shape index (κ3) is 4.85. The van der Waals surface area contributed by atoms with E-state index in [1.54, 1.807) is 48.5 Å². The number of benzene rings is 2. The molecule has 1 heterocycles.